The van der Waals surface area contributed by atoms with Crippen LogP contribution in [0.4, 0.5) is 0 Å². The van der Waals surface area contributed by atoms with Crippen molar-refractivity contribution in [2.75, 3.05) is 40.4 Å². The third-order valence-electron chi connectivity index (χ3n) is 6.00. The summed E-state index contributed by atoms with van der Waals surface area (Å²) in [4.78, 5) is 30.2. The molecule has 178 valence electrons. The Balaban J connectivity index is 2.01. The van der Waals surface area contributed by atoms with Crippen molar-refractivity contribution in [1.82, 2.24) is 9.80 Å². The molecule has 0 aliphatic carbocycles. The van der Waals surface area contributed by atoms with Crippen molar-refractivity contribution in [3.05, 3.63) is 58.7 Å². The first-order valence-electron chi connectivity index (χ1n) is 11.2. The van der Waals surface area contributed by atoms with E-state index in [-0.39, 0.29) is 11.3 Å². The van der Waals surface area contributed by atoms with E-state index in [9.17, 15) is 14.7 Å². The second-order valence-corrected chi connectivity index (χ2v) is 7.90. The zero-order valence-electron chi connectivity index (χ0n) is 19.9. The highest BCUT2D eigenvalue weighted by atomic mass is 16.5. The molecule has 2 heterocycles. The van der Waals surface area contributed by atoms with E-state index in [1.54, 1.807) is 42.2 Å². The molecule has 3 rings (SSSR count). The minimum Gasteiger partial charge on any atom is -0.503 e. The molecule has 2 aromatic rings. The number of benzene rings is 1. The van der Waals surface area contributed by atoms with Crippen molar-refractivity contribution in [2.45, 2.75) is 33.2 Å². The maximum atomic E-state index is 13.3. The average molecular weight is 457 g/mol. The Bertz CT molecular complexity index is 1040. The summed E-state index contributed by atoms with van der Waals surface area (Å²) in [6, 6.07) is 7.68. The number of carbonyl (C=O) groups excluding carboxylic acids is 2. The van der Waals surface area contributed by atoms with Crippen LogP contribution in [-0.4, -0.2) is 67.0 Å². The van der Waals surface area contributed by atoms with Crippen LogP contribution in [0.1, 0.15) is 48.2 Å². The number of aryl methyl sites for hydroxylation is 1. The highest BCUT2D eigenvalue weighted by Crippen LogP contribution is 2.41. The zero-order valence-corrected chi connectivity index (χ0v) is 19.9. The van der Waals surface area contributed by atoms with Crippen molar-refractivity contribution >= 4 is 11.7 Å². The lowest BCUT2D eigenvalue weighted by molar-refractivity contribution is -0.129. The molecule has 1 aliphatic heterocycles. The summed E-state index contributed by atoms with van der Waals surface area (Å²) in [7, 11) is 3.06. The first-order chi connectivity index (χ1) is 15.9. The number of Topliss-reactive ketones (excluding diaryl/α,β-unsaturated/α-hetero) is 1. The van der Waals surface area contributed by atoms with Crippen molar-refractivity contribution < 1.29 is 28.6 Å². The Morgan fingerprint density at radius 1 is 1.12 bits per heavy atom. The van der Waals surface area contributed by atoms with Gasteiger partial charge in [0.05, 0.1) is 25.8 Å². The molecule has 0 radical (unpaired) electrons. The number of amides is 1. The summed E-state index contributed by atoms with van der Waals surface area (Å²) in [6.45, 7) is 8.92. The molecule has 8 nitrogen and oxygen atoms in total. The van der Waals surface area contributed by atoms with E-state index in [4.69, 9.17) is 13.9 Å². The molecule has 0 bridgehead atoms. The van der Waals surface area contributed by atoms with Gasteiger partial charge in [-0.1, -0.05) is 19.9 Å². The molecular weight excluding hydrogens is 424 g/mol. The summed E-state index contributed by atoms with van der Waals surface area (Å²) in [6.07, 6.45) is 0.700. The molecule has 1 aliphatic rings. The zero-order chi connectivity index (χ0) is 24.1. The Morgan fingerprint density at radius 3 is 2.39 bits per heavy atom. The molecule has 33 heavy (non-hydrogen) atoms. The highest BCUT2D eigenvalue weighted by molar-refractivity contribution is 6.15. The van der Waals surface area contributed by atoms with Gasteiger partial charge in [-0.2, -0.15) is 0 Å². The van der Waals surface area contributed by atoms with Gasteiger partial charge < -0.3 is 28.8 Å². The predicted molar refractivity (Wildman–Crippen MR) is 124 cm³/mol. The maximum absolute atomic E-state index is 13.3. The van der Waals surface area contributed by atoms with Crippen LogP contribution in [0.15, 0.2) is 46.1 Å². The van der Waals surface area contributed by atoms with E-state index in [1.165, 1.54) is 14.2 Å². The summed E-state index contributed by atoms with van der Waals surface area (Å²) in [5.41, 5.74) is 0.643. The number of carbonyl (C=O) groups is 2. The molecule has 1 amide bonds. The van der Waals surface area contributed by atoms with Crippen LogP contribution in [-0.2, 0) is 4.79 Å². The van der Waals surface area contributed by atoms with Gasteiger partial charge in [0.2, 0.25) is 5.78 Å². The second-order valence-electron chi connectivity index (χ2n) is 7.90. The van der Waals surface area contributed by atoms with Gasteiger partial charge in [0.1, 0.15) is 5.76 Å². The van der Waals surface area contributed by atoms with E-state index >= 15 is 0 Å². The molecule has 0 unspecified atom stereocenters. The number of aliphatic hydroxyl groups excluding tert-OH is 1. The molecule has 1 aromatic carbocycles. The number of furan rings is 1. The fourth-order valence-corrected chi connectivity index (χ4v) is 4.18. The molecule has 1 aromatic heterocycles. The third-order valence-corrected chi connectivity index (χ3v) is 6.00. The summed E-state index contributed by atoms with van der Waals surface area (Å²) in [5, 5.41) is 10.8. The van der Waals surface area contributed by atoms with Crippen molar-refractivity contribution in [3.8, 4) is 11.5 Å². The number of hydrogen-bond donors (Lipinski definition) is 1. The highest BCUT2D eigenvalue weighted by Gasteiger charge is 2.44. The lowest BCUT2D eigenvalue weighted by Crippen LogP contribution is -2.34. The van der Waals surface area contributed by atoms with Gasteiger partial charge in [-0.05, 0) is 62.8 Å². The first-order valence-corrected chi connectivity index (χ1v) is 11.2. The molecular formula is C25H32N2O6. The molecule has 0 saturated heterocycles. The molecule has 1 atom stereocenters. The number of rotatable bonds is 11. The van der Waals surface area contributed by atoms with Gasteiger partial charge in [0.15, 0.2) is 23.0 Å². The summed E-state index contributed by atoms with van der Waals surface area (Å²) < 4.78 is 16.3. The van der Waals surface area contributed by atoms with E-state index in [1.807, 2.05) is 0 Å². The minimum absolute atomic E-state index is 0.00408. The number of aliphatic hydroxyl groups is 1. The lowest BCUT2D eigenvalue weighted by Gasteiger charge is -2.28. The van der Waals surface area contributed by atoms with Crippen molar-refractivity contribution in [2.24, 2.45) is 0 Å². The Kier molecular flexibility index (Phi) is 7.81. The minimum atomic E-state index is -0.771. The van der Waals surface area contributed by atoms with Crippen LogP contribution in [0, 0.1) is 6.92 Å². The van der Waals surface area contributed by atoms with Gasteiger partial charge in [-0.25, -0.2) is 0 Å². The number of ether oxygens (including phenoxy) is 2. The van der Waals surface area contributed by atoms with Gasteiger partial charge in [-0.3, -0.25) is 9.59 Å². The summed E-state index contributed by atoms with van der Waals surface area (Å²) >= 11 is 0. The number of methoxy groups -OCH3 is 2. The van der Waals surface area contributed by atoms with Crippen molar-refractivity contribution in [3.63, 3.8) is 0 Å². The predicted octanol–water partition coefficient (Wildman–Crippen LogP) is 3.92. The molecule has 0 fully saturated rings. The molecule has 0 saturated carbocycles. The Labute approximate surface area is 194 Å². The quantitative estimate of drug-likeness (QED) is 0.513. The fraction of sp³-hybridized carbons (Fsp3) is 0.440. The Morgan fingerprint density at radius 2 is 1.82 bits per heavy atom. The van der Waals surface area contributed by atoms with E-state index in [0.717, 1.165) is 19.6 Å². The summed E-state index contributed by atoms with van der Waals surface area (Å²) in [5.74, 6) is 0.0235. The largest absolute Gasteiger partial charge is 0.503 e. The Hall–Kier alpha value is -3.26. The first kappa shape index (κ1) is 24.4. The van der Waals surface area contributed by atoms with Crippen molar-refractivity contribution in [1.29, 1.82) is 0 Å². The fourth-order valence-electron chi connectivity index (χ4n) is 4.18. The van der Waals surface area contributed by atoms with Crippen LogP contribution in [0.3, 0.4) is 0 Å². The third kappa shape index (κ3) is 4.90. The lowest BCUT2D eigenvalue weighted by atomic mass is 9.94. The topological polar surface area (TPSA) is 92.5 Å². The van der Waals surface area contributed by atoms with Crippen LogP contribution in [0.2, 0.25) is 0 Å². The van der Waals surface area contributed by atoms with Crippen LogP contribution in [0.25, 0.3) is 0 Å². The smallest absolute Gasteiger partial charge is 0.290 e. The average Bonchev–Trinajstić information content (AvgIpc) is 3.37. The van der Waals surface area contributed by atoms with Gasteiger partial charge >= 0.3 is 0 Å². The monoisotopic (exact) mass is 456 g/mol. The number of hydrogen-bond acceptors (Lipinski definition) is 7. The standard InChI is InChI=1S/C25H32N2O6/c1-6-26(7-2)13-8-14-27-22(17-10-12-18(31-4)20(15-17)32-5)21(24(29)25(27)30)23(28)19-11-9-16(3)33-19/h9-12,15,22,29H,6-8,13-14H2,1-5H3/t22-/m0/s1. The van der Waals surface area contributed by atoms with Crippen LogP contribution in [0.5, 0.6) is 11.5 Å². The molecule has 0 spiro atoms. The normalized spacial score (nSPS) is 16.1. The molecule has 1 N–H and O–H groups in total. The molecule has 8 heteroatoms. The number of ketones is 1. The number of nitrogens with zero attached hydrogens (tertiary/aromatic N) is 2. The van der Waals surface area contributed by atoms with Crippen LogP contribution >= 0.6 is 0 Å². The SMILES string of the molecule is CCN(CC)CCCN1C(=O)C(O)=C(C(=O)c2ccc(C)o2)[C@@H]1c1ccc(OC)c(OC)c1. The second kappa shape index (κ2) is 10.6. The van der Waals surface area contributed by atoms with Gasteiger partial charge in [-0.15, -0.1) is 0 Å². The van der Waals surface area contributed by atoms with E-state index < -0.39 is 23.5 Å². The van der Waals surface area contributed by atoms with E-state index in [2.05, 4.69) is 18.7 Å². The maximum Gasteiger partial charge on any atom is 0.290 e. The van der Waals surface area contributed by atoms with E-state index in [0.29, 0.717) is 35.8 Å². The van der Waals surface area contributed by atoms with Crippen LogP contribution < -0.4 is 9.47 Å². The van der Waals surface area contributed by atoms with Gasteiger partial charge in [0.25, 0.3) is 5.91 Å². The van der Waals surface area contributed by atoms with Gasteiger partial charge in [0, 0.05) is 6.54 Å².